The Morgan fingerprint density at radius 3 is 2.76 bits per heavy atom. The average Bonchev–Trinajstić information content (AvgIpc) is 3.11. The molecule has 1 heterocycles. The van der Waals surface area contributed by atoms with Crippen LogP contribution in [0.15, 0.2) is 54.6 Å². The second-order valence-corrected chi connectivity index (χ2v) is 6.61. The SMILES string of the molecule is CCOc1ccc(C2Nc3c(C(N)=O)cccc3C3C=CCC32)cc1. The Balaban J connectivity index is 1.74. The van der Waals surface area contributed by atoms with Crippen LogP contribution in [0.2, 0.25) is 0 Å². The van der Waals surface area contributed by atoms with Crippen LogP contribution in [0.1, 0.15) is 46.8 Å². The molecule has 2 aliphatic rings. The van der Waals surface area contributed by atoms with E-state index in [2.05, 4.69) is 35.7 Å². The van der Waals surface area contributed by atoms with Gasteiger partial charge in [-0.25, -0.2) is 0 Å². The summed E-state index contributed by atoms with van der Waals surface area (Å²) in [5.74, 6) is 1.23. The molecule has 2 aromatic rings. The molecule has 1 aliphatic carbocycles. The van der Waals surface area contributed by atoms with Crippen molar-refractivity contribution in [3.8, 4) is 5.75 Å². The number of fused-ring (bicyclic) bond motifs is 3. The number of para-hydroxylation sites is 1. The Morgan fingerprint density at radius 1 is 1.24 bits per heavy atom. The molecule has 3 atom stereocenters. The second kappa shape index (κ2) is 6.28. The van der Waals surface area contributed by atoms with Crippen molar-refractivity contribution >= 4 is 11.6 Å². The fourth-order valence-electron chi connectivity index (χ4n) is 4.09. The van der Waals surface area contributed by atoms with Crippen LogP contribution in [-0.2, 0) is 0 Å². The zero-order chi connectivity index (χ0) is 17.4. The molecule has 0 bridgehead atoms. The maximum atomic E-state index is 11.9. The van der Waals surface area contributed by atoms with Crippen molar-refractivity contribution in [1.82, 2.24) is 0 Å². The van der Waals surface area contributed by atoms with Gasteiger partial charge in [0.05, 0.1) is 23.9 Å². The molecule has 0 saturated carbocycles. The van der Waals surface area contributed by atoms with E-state index in [4.69, 9.17) is 10.5 Å². The minimum absolute atomic E-state index is 0.142. The maximum Gasteiger partial charge on any atom is 0.250 e. The van der Waals surface area contributed by atoms with Gasteiger partial charge in [-0.1, -0.05) is 36.4 Å². The monoisotopic (exact) mass is 334 g/mol. The number of carbonyl (C=O) groups is 1. The first-order chi connectivity index (χ1) is 12.2. The fraction of sp³-hybridized carbons (Fsp3) is 0.286. The number of anilines is 1. The lowest BCUT2D eigenvalue weighted by molar-refractivity contribution is 0.100. The fourth-order valence-corrected chi connectivity index (χ4v) is 4.09. The smallest absolute Gasteiger partial charge is 0.250 e. The first kappa shape index (κ1) is 15.8. The minimum Gasteiger partial charge on any atom is -0.494 e. The number of carbonyl (C=O) groups excluding carboxylic acids is 1. The molecule has 0 aromatic heterocycles. The van der Waals surface area contributed by atoms with Gasteiger partial charge < -0.3 is 15.8 Å². The van der Waals surface area contributed by atoms with Crippen molar-refractivity contribution in [2.45, 2.75) is 25.3 Å². The quantitative estimate of drug-likeness (QED) is 0.830. The maximum absolute atomic E-state index is 11.9. The zero-order valence-corrected chi connectivity index (χ0v) is 14.2. The molecule has 4 rings (SSSR count). The number of ether oxygens (including phenoxy) is 1. The van der Waals surface area contributed by atoms with Gasteiger partial charge in [-0.3, -0.25) is 4.79 Å². The van der Waals surface area contributed by atoms with E-state index in [0.29, 0.717) is 24.0 Å². The van der Waals surface area contributed by atoms with Gasteiger partial charge in [-0.15, -0.1) is 0 Å². The molecule has 0 saturated heterocycles. The summed E-state index contributed by atoms with van der Waals surface area (Å²) in [5.41, 5.74) is 9.40. The largest absolute Gasteiger partial charge is 0.494 e. The molecular formula is C21H22N2O2. The normalized spacial score (nSPS) is 23.5. The Bertz CT molecular complexity index is 826. The number of primary amides is 1. The Labute approximate surface area is 147 Å². The van der Waals surface area contributed by atoms with Crippen LogP contribution in [0.4, 0.5) is 5.69 Å². The van der Waals surface area contributed by atoms with Gasteiger partial charge in [0.25, 0.3) is 5.91 Å². The molecule has 0 fully saturated rings. The van der Waals surface area contributed by atoms with Crippen LogP contribution in [-0.4, -0.2) is 12.5 Å². The number of nitrogens with two attached hydrogens (primary N) is 1. The van der Waals surface area contributed by atoms with Crippen molar-refractivity contribution in [3.63, 3.8) is 0 Å². The highest BCUT2D eigenvalue weighted by atomic mass is 16.5. The van der Waals surface area contributed by atoms with Crippen molar-refractivity contribution in [2.24, 2.45) is 11.7 Å². The number of allylic oxidation sites excluding steroid dienone is 2. The predicted molar refractivity (Wildman–Crippen MR) is 98.9 cm³/mol. The third kappa shape index (κ3) is 2.68. The summed E-state index contributed by atoms with van der Waals surface area (Å²) in [6.45, 7) is 2.64. The van der Waals surface area contributed by atoms with Crippen molar-refractivity contribution in [1.29, 1.82) is 0 Å². The Morgan fingerprint density at radius 2 is 2.04 bits per heavy atom. The van der Waals surface area contributed by atoms with E-state index in [9.17, 15) is 4.79 Å². The molecule has 3 N–H and O–H groups in total. The first-order valence-electron chi connectivity index (χ1n) is 8.77. The third-order valence-corrected chi connectivity index (χ3v) is 5.21. The molecule has 4 heteroatoms. The second-order valence-electron chi connectivity index (χ2n) is 6.61. The van der Waals surface area contributed by atoms with E-state index in [1.807, 2.05) is 25.1 Å². The lowest BCUT2D eigenvalue weighted by Gasteiger charge is -2.38. The molecule has 2 aromatic carbocycles. The summed E-state index contributed by atoms with van der Waals surface area (Å²) >= 11 is 0. The minimum atomic E-state index is -0.393. The van der Waals surface area contributed by atoms with E-state index in [-0.39, 0.29) is 6.04 Å². The highest BCUT2D eigenvalue weighted by Gasteiger charge is 2.39. The van der Waals surface area contributed by atoms with Crippen LogP contribution in [0, 0.1) is 5.92 Å². The van der Waals surface area contributed by atoms with E-state index < -0.39 is 5.91 Å². The van der Waals surface area contributed by atoms with Crippen LogP contribution in [0.5, 0.6) is 5.75 Å². The molecule has 4 nitrogen and oxygen atoms in total. The summed E-state index contributed by atoms with van der Waals surface area (Å²) in [7, 11) is 0. The first-order valence-corrected chi connectivity index (χ1v) is 8.77. The molecule has 128 valence electrons. The highest BCUT2D eigenvalue weighted by Crippen LogP contribution is 2.50. The van der Waals surface area contributed by atoms with Crippen molar-refractivity contribution < 1.29 is 9.53 Å². The molecule has 25 heavy (non-hydrogen) atoms. The summed E-state index contributed by atoms with van der Waals surface area (Å²) in [6.07, 6.45) is 5.52. The average molecular weight is 334 g/mol. The number of rotatable bonds is 4. The van der Waals surface area contributed by atoms with Crippen LogP contribution in [0.25, 0.3) is 0 Å². The van der Waals surface area contributed by atoms with Crippen molar-refractivity contribution in [3.05, 3.63) is 71.3 Å². The third-order valence-electron chi connectivity index (χ3n) is 5.21. The summed E-state index contributed by atoms with van der Waals surface area (Å²) in [6, 6.07) is 14.2. The van der Waals surface area contributed by atoms with Crippen LogP contribution in [0.3, 0.4) is 0 Å². The highest BCUT2D eigenvalue weighted by molar-refractivity contribution is 5.99. The lowest BCUT2D eigenvalue weighted by atomic mass is 9.76. The predicted octanol–water partition coefficient (Wildman–Crippen LogP) is 4.01. The molecule has 0 radical (unpaired) electrons. The van der Waals surface area contributed by atoms with Crippen LogP contribution >= 0.6 is 0 Å². The number of hydrogen-bond donors (Lipinski definition) is 2. The van der Waals surface area contributed by atoms with Gasteiger partial charge in [0.15, 0.2) is 0 Å². The van der Waals surface area contributed by atoms with Gasteiger partial charge in [-0.05, 0) is 48.6 Å². The molecule has 0 spiro atoms. The Hall–Kier alpha value is -2.75. The van der Waals surface area contributed by atoms with Gasteiger partial charge in [0.2, 0.25) is 0 Å². The van der Waals surface area contributed by atoms with E-state index in [1.165, 1.54) is 5.56 Å². The zero-order valence-electron chi connectivity index (χ0n) is 14.2. The standard InChI is InChI=1S/C21H22N2O2/c1-2-25-14-11-9-13(10-12-14)19-16-6-3-5-15(16)17-7-4-8-18(21(22)24)20(17)23-19/h3-5,7-12,15-16,19,23H,2,6H2,1H3,(H2,22,24). The lowest BCUT2D eigenvalue weighted by Crippen LogP contribution is -2.31. The molecule has 3 unspecified atom stereocenters. The van der Waals surface area contributed by atoms with Crippen LogP contribution < -0.4 is 15.8 Å². The summed E-state index contributed by atoms with van der Waals surface area (Å²) in [4.78, 5) is 11.9. The van der Waals surface area contributed by atoms with Gasteiger partial charge in [-0.2, -0.15) is 0 Å². The number of benzene rings is 2. The summed E-state index contributed by atoms with van der Waals surface area (Å²) in [5, 5.41) is 3.60. The number of amides is 1. The topological polar surface area (TPSA) is 64.3 Å². The Kier molecular flexibility index (Phi) is 3.96. The molecular weight excluding hydrogens is 312 g/mol. The van der Waals surface area contributed by atoms with Crippen molar-refractivity contribution in [2.75, 3.05) is 11.9 Å². The van der Waals surface area contributed by atoms with E-state index in [0.717, 1.165) is 23.4 Å². The van der Waals surface area contributed by atoms with E-state index >= 15 is 0 Å². The number of nitrogens with one attached hydrogen (secondary N) is 1. The van der Waals surface area contributed by atoms with Gasteiger partial charge >= 0.3 is 0 Å². The van der Waals surface area contributed by atoms with E-state index in [1.54, 1.807) is 6.07 Å². The summed E-state index contributed by atoms with van der Waals surface area (Å²) < 4.78 is 5.55. The molecule has 1 amide bonds. The number of hydrogen-bond acceptors (Lipinski definition) is 3. The van der Waals surface area contributed by atoms with Gasteiger partial charge in [0.1, 0.15) is 5.75 Å². The van der Waals surface area contributed by atoms with Gasteiger partial charge in [0, 0.05) is 5.92 Å². The molecule has 1 aliphatic heterocycles.